The second-order valence-electron chi connectivity index (χ2n) is 8.00. The third kappa shape index (κ3) is 3.94. The molecule has 1 N–H and O–H groups in total. The lowest BCUT2D eigenvalue weighted by Gasteiger charge is -2.29. The average Bonchev–Trinajstić information content (AvgIpc) is 3.29. The summed E-state index contributed by atoms with van der Waals surface area (Å²) >= 11 is 0. The minimum Gasteiger partial charge on any atom is -0.363 e. The van der Waals surface area contributed by atoms with Gasteiger partial charge in [-0.15, -0.1) is 0 Å². The molecule has 0 saturated carbocycles. The van der Waals surface area contributed by atoms with E-state index in [1.54, 1.807) is 25.4 Å². The van der Waals surface area contributed by atoms with Crippen molar-refractivity contribution in [1.82, 2.24) is 15.0 Å². The Labute approximate surface area is 188 Å². The standard InChI is InChI=1S/C24H21F3N6/c1-14(16-5-3-7-18(11-16)24(25,26)27)30-21-20-12-19(17-6-4-8-28-13-17)22-29-9-10-33(22)23(20)32-15(2)31-21/h3-8,11-14H,9-10H2,1-2H3,(H,30,31,32). The molecule has 1 atom stereocenters. The van der Waals surface area contributed by atoms with Crippen molar-refractivity contribution in [3.05, 3.63) is 76.9 Å². The lowest BCUT2D eigenvalue weighted by Crippen LogP contribution is -2.33. The number of hydrogen-bond donors (Lipinski definition) is 1. The monoisotopic (exact) mass is 450 g/mol. The van der Waals surface area contributed by atoms with E-state index in [1.807, 2.05) is 25.1 Å². The number of nitrogens with zero attached hydrogens (tertiary/aromatic N) is 5. The van der Waals surface area contributed by atoms with Crippen molar-refractivity contribution >= 4 is 29.1 Å². The van der Waals surface area contributed by atoms with Crippen molar-refractivity contribution < 1.29 is 13.2 Å². The predicted octanol–water partition coefficient (Wildman–Crippen LogP) is 5.14. The van der Waals surface area contributed by atoms with Crippen LogP contribution >= 0.6 is 0 Å². The number of benzene rings is 1. The summed E-state index contributed by atoms with van der Waals surface area (Å²) in [7, 11) is 0. The SMILES string of the molecule is Cc1nc(NC(C)c2cccc(C(F)(F)F)c2)c2c(n1)N1CCN=C1C(c1cccnc1)=C2. The molecule has 3 aromatic rings. The Morgan fingerprint density at radius 3 is 2.73 bits per heavy atom. The number of rotatable bonds is 4. The molecule has 2 aromatic heterocycles. The normalized spacial score (nSPS) is 16.0. The molecule has 4 heterocycles. The number of alkyl halides is 3. The molecular weight excluding hydrogens is 429 g/mol. The minimum absolute atomic E-state index is 0.408. The summed E-state index contributed by atoms with van der Waals surface area (Å²) in [6.45, 7) is 4.96. The number of aromatic nitrogens is 3. The number of nitrogens with one attached hydrogen (secondary N) is 1. The van der Waals surface area contributed by atoms with Crippen LogP contribution in [0.5, 0.6) is 0 Å². The van der Waals surface area contributed by atoms with Crippen molar-refractivity contribution in [1.29, 1.82) is 0 Å². The number of fused-ring (bicyclic) bond motifs is 3. The maximum absolute atomic E-state index is 13.2. The molecule has 33 heavy (non-hydrogen) atoms. The quantitative estimate of drug-likeness (QED) is 0.596. The van der Waals surface area contributed by atoms with Crippen LogP contribution in [0.2, 0.25) is 0 Å². The van der Waals surface area contributed by atoms with Crippen molar-refractivity contribution in [2.24, 2.45) is 4.99 Å². The van der Waals surface area contributed by atoms with Gasteiger partial charge in [0, 0.05) is 36.1 Å². The van der Waals surface area contributed by atoms with E-state index in [0.717, 1.165) is 34.4 Å². The molecule has 2 aliphatic heterocycles. The zero-order chi connectivity index (χ0) is 23.2. The van der Waals surface area contributed by atoms with Gasteiger partial charge in [-0.3, -0.25) is 9.98 Å². The molecule has 0 amide bonds. The number of halogens is 3. The van der Waals surface area contributed by atoms with Gasteiger partial charge in [-0.2, -0.15) is 13.2 Å². The average molecular weight is 450 g/mol. The Morgan fingerprint density at radius 1 is 1.12 bits per heavy atom. The Bertz CT molecular complexity index is 1270. The van der Waals surface area contributed by atoms with E-state index < -0.39 is 17.8 Å². The highest BCUT2D eigenvalue weighted by atomic mass is 19.4. The van der Waals surface area contributed by atoms with Crippen LogP contribution in [-0.4, -0.2) is 33.9 Å². The molecule has 0 fully saturated rings. The van der Waals surface area contributed by atoms with Crippen molar-refractivity contribution in [2.75, 3.05) is 23.3 Å². The first kappa shape index (κ1) is 21.1. The van der Waals surface area contributed by atoms with E-state index in [1.165, 1.54) is 12.1 Å². The van der Waals surface area contributed by atoms with Gasteiger partial charge in [-0.1, -0.05) is 18.2 Å². The summed E-state index contributed by atoms with van der Waals surface area (Å²) in [6, 6.07) is 8.77. The van der Waals surface area contributed by atoms with Gasteiger partial charge in [0.05, 0.1) is 17.7 Å². The topological polar surface area (TPSA) is 66.3 Å². The lowest BCUT2D eigenvalue weighted by molar-refractivity contribution is -0.137. The predicted molar refractivity (Wildman–Crippen MR) is 122 cm³/mol. The summed E-state index contributed by atoms with van der Waals surface area (Å²) in [5.74, 6) is 2.71. The molecule has 2 aliphatic rings. The van der Waals surface area contributed by atoms with Gasteiger partial charge in [0.15, 0.2) is 0 Å². The molecule has 0 aliphatic carbocycles. The van der Waals surface area contributed by atoms with Crippen LogP contribution < -0.4 is 10.2 Å². The summed E-state index contributed by atoms with van der Waals surface area (Å²) < 4.78 is 39.6. The second kappa shape index (κ2) is 7.99. The third-order valence-electron chi connectivity index (χ3n) is 5.70. The number of anilines is 2. The van der Waals surface area contributed by atoms with Gasteiger partial charge in [-0.05, 0) is 43.7 Å². The van der Waals surface area contributed by atoms with Gasteiger partial charge < -0.3 is 10.2 Å². The van der Waals surface area contributed by atoms with Gasteiger partial charge in [0.2, 0.25) is 0 Å². The molecule has 0 bridgehead atoms. The molecule has 168 valence electrons. The van der Waals surface area contributed by atoms with Crippen molar-refractivity contribution in [2.45, 2.75) is 26.1 Å². The largest absolute Gasteiger partial charge is 0.416 e. The van der Waals surface area contributed by atoms with E-state index in [0.29, 0.717) is 30.3 Å². The third-order valence-corrected chi connectivity index (χ3v) is 5.70. The first-order valence-corrected chi connectivity index (χ1v) is 10.6. The zero-order valence-corrected chi connectivity index (χ0v) is 18.1. The minimum atomic E-state index is -4.40. The van der Waals surface area contributed by atoms with E-state index >= 15 is 0 Å². The van der Waals surface area contributed by atoms with Gasteiger partial charge in [0.1, 0.15) is 23.3 Å². The van der Waals surface area contributed by atoms with E-state index in [-0.39, 0.29) is 0 Å². The number of pyridine rings is 1. The molecule has 0 spiro atoms. The fourth-order valence-corrected chi connectivity index (χ4v) is 4.12. The second-order valence-corrected chi connectivity index (χ2v) is 8.00. The summed E-state index contributed by atoms with van der Waals surface area (Å²) in [5.41, 5.74) is 2.46. The van der Waals surface area contributed by atoms with Crippen LogP contribution in [-0.2, 0) is 6.18 Å². The fourth-order valence-electron chi connectivity index (χ4n) is 4.12. The maximum Gasteiger partial charge on any atom is 0.416 e. The highest BCUT2D eigenvalue weighted by Gasteiger charge is 2.33. The van der Waals surface area contributed by atoms with Crippen LogP contribution in [0.4, 0.5) is 24.8 Å². The first-order chi connectivity index (χ1) is 15.8. The highest BCUT2D eigenvalue weighted by molar-refractivity contribution is 6.36. The maximum atomic E-state index is 13.2. The van der Waals surface area contributed by atoms with E-state index in [2.05, 4.69) is 30.2 Å². The Hall–Kier alpha value is -3.75. The van der Waals surface area contributed by atoms with Crippen LogP contribution in [0.1, 0.15) is 41.0 Å². The summed E-state index contributed by atoms with van der Waals surface area (Å²) in [4.78, 5) is 20.2. The van der Waals surface area contributed by atoms with Gasteiger partial charge in [-0.25, -0.2) is 9.97 Å². The van der Waals surface area contributed by atoms with Crippen LogP contribution in [0.15, 0.2) is 53.8 Å². The molecular formula is C24H21F3N6. The van der Waals surface area contributed by atoms with Crippen LogP contribution in [0.25, 0.3) is 11.6 Å². The van der Waals surface area contributed by atoms with Gasteiger partial charge in [0.25, 0.3) is 0 Å². The molecule has 0 radical (unpaired) electrons. The first-order valence-electron chi connectivity index (χ1n) is 10.6. The molecule has 5 rings (SSSR count). The molecule has 1 aromatic carbocycles. The van der Waals surface area contributed by atoms with Gasteiger partial charge >= 0.3 is 6.18 Å². The van der Waals surface area contributed by atoms with Crippen molar-refractivity contribution in [3.8, 4) is 0 Å². The van der Waals surface area contributed by atoms with E-state index in [9.17, 15) is 13.2 Å². The Kier molecular flexibility index (Phi) is 5.11. The highest BCUT2D eigenvalue weighted by Crippen LogP contribution is 2.39. The number of aryl methyl sites for hydroxylation is 1. The Balaban J connectivity index is 1.57. The van der Waals surface area contributed by atoms with Crippen molar-refractivity contribution in [3.63, 3.8) is 0 Å². The number of aliphatic imine (C=N–C) groups is 1. The zero-order valence-electron chi connectivity index (χ0n) is 18.1. The summed E-state index contributed by atoms with van der Waals surface area (Å²) in [5, 5.41) is 3.31. The fraction of sp³-hybridized carbons (Fsp3) is 0.250. The number of amidine groups is 1. The Morgan fingerprint density at radius 2 is 1.97 bits per heavy atom. The molecule has 0 saturated heterocycles. The summed E-state index contributed by atoms with van der Waals surface area (Å²) in [6.07, 6.45) is 1.08. The molecule has 1 unspecified atom stereocenters. The smallest absolute Gasteiger partial charge is 0.363 e. The molecule has 9 heteroatoms. The molecule has 6 nitrogen and oxygen atoms in total. The van der Waals surface area contributed by atoms with Crippen LogP contribution in [0, 0.1) is 6.92 Å². The number of hydrogen-bond acceptors (Lipinski definition) is 6. The van der Waals surface area contributed by atoms with E-state index in [4.69, 9.17) is 0 Å². The lowest BCUT2D eigenvalue weighted by atomic mass is 9.99. The van der Waals surface area contributed by atoms with Crippen LogP contribution in [0.3, 0.4) is 0 Å².